The lowest BCUT2D eigenvalue weighted by atomic mass is 10.4. The van der Waals surface area contributed by atoms with Crippen molar-refractivity contribution in [3.05, 3.63) is 20.8 Å². The Bertz CT molecular complexity index is 300. The second-order valence-electron chi connectivity index (χ2n) is 2.77. The molecule has 0 aliphatic rings. The molecule has 72 valence electrons. The van der Waals surface area contributed by atoms with E-state index in [1.807, 2.05) is 12.1 Å². The molecule has 0 saturated carbocycles. The summed E-state index contributed by atoms with van der Waals surface area (Å²) in [6.45, 7) is 0.762. The third-order valence-corrected chi connectivity index (χ3v) is 3.07. The van der Waals surface area contributed by atoms with Gasteiger partial charge in [0.05, 0.1) is 10.3 Å². The van der Waals surface area contributed by atoms with Gasteiger partial charge in [-0.15, -0.1) is 11.3 Å². The monoisotopic (exact) mass is 263 g/mol. The summed E-state index contributed by atoms with van der Waals surface area (Å²) in [4.78, 5) is 13.3. The zero-order valence-corrected chi connectivity index (χ0v) is 9.56. The first kappa shape index (κ1) is 10.7. The largest absolute Gasteiger partial charge is 0.480 e. The highest BCUT2D eigenvalue weighted by Crippen LogP contribution is 2.22. The average molecular weight is 264 g/mol. The fourth-order valence-corrected chi connectivity index (χ4v) is 2.55. The molecule has 0 amide bonds. The number of thiophene rings is 1. The van der Waals surface area contributed by atoms with E-state index in [0.29, 0.717) is 6.54 Å². The Labute approximate surface area is 89.1 Å². The molecule has 1 aromatic heterocycles. The smallest absolute Gasteiger partial charge is 0.317 e. The molecule has 0 aliphatic heterocycles. The van der Waals surface area contributed by atoms with Gasteiger partial charge in [-0.25, -0.2) is 0 Å². The highest BCUT2D eigenvalue weighted by molar-refractivity contribution is 9.11. The van der Waals surface area contributed by atoms with Crippen molar-refractivity contribution in [2.24, 2.45) is 0 Å². The molecular weight excluding hydrogens is 254 g/mol. The molecular formula is C8H10BrNO2S. The summed E-state index contributed by atoms with van der Waals surface area (Å²) in [6.07, 6.45) is 0. The van der Waals surface area contributed by atoms with E-state index in [0.717, 1.165) is 8.66 Å². The lowest BCUT2D eigenvalue weighted by molar-refractivity contribution is -0.138. The molecule has 1 aromatic rings. The van der Waals surface area contributed by atoms with Gasteiger partial charge in [-0.2, -0.15) is 0 Å². The van der Waals surface area contributed by atoms with Crippen molar-refractivity contribution in [3.63, 3.8) is 0 Å². The van der Waals surface area contributed by atoms with Crippen molar-refractivity contribution in [1.29, 1.82) is 0 Å². The molecule has 0 aromatic carbocycles. The lowest BCUT2D eigenvalue weighted by Crippen LogP contribution is -2.24. The number of halogens is 1. The van der Waals surface area contributed by atoms with Crippen molar-refractivity contribution >= 4 is 33.2 Å². The van der Waals surface area contributed by atoms with Crippen LogP contribution in [0.3, 0.4) is 0 Å². The number of carboxylic acids is 1. The molecule has 0 unspecified atom stereocenters. The predicted octanol–water partition coefficient (Wildman–Crippen LogP) is 2.03. The van der Waals surface area contributed by atoms with E-state index >= 15 is 0 Å². The summed E-state index contributed by atoms with van der Waals surface area (Å²) in [5.41, 5.74) is 0. The van der Waals surface area contributed by atoms with Gasteiger partial charge >= 0.3 is 5.97 Å². The van der Waals surface area contributed by atoms with Gasteiger partial charge in [0.1, 0.15) is 0 Å². The molecule has 3 nitrogen and oxygen atoms in total. The first-order valence-corrected chi connectivity index (χ1v) is 5.33. The number of aliphatic carboxylic acids is 1. The van der Waals surface area contributed by atoms with Gasteiger partial charge < -0.3 is 5.11 Å². The maximum Gasteiger partial charge on any atom is 0.317 e. The van der Waals surface area contributed by atoms with Crippen molar-refractivity contribution in [1.82, 2.24) is 4.90 Å². The van der Waals surface area contributed by atoms with Crippen molar-refractivity contribution in [2.75, 3.05) is 13.6 Å². The number of rotatable bonds is 4. The van der Waals surface area contributed by atoms with Crippen LogP contribution in [-0.4, -0.2) is 29.6 Å². The fourth-order valence-electron chi connectivity index (χ4n) is 0.990. The van der Waals surface area contributed by atoms with E-state index in [1.54, 1.807) is 23.3 Å². The van der Waals surface area contributed by atoms with E-state index in [9.17, 15) is 4.79 Å². The second-order valence-corrected chi connectivity index (χ2v) is 5.32. The molecule has 5 heteroatoms. The normalized spacial score (nSPS) is 10.7. The first-order valence-electron chi connectivity index (χ1n) is 3.72. The number of nitrogens with zero attached hydrogens (tertiary/aromatic N) is 1. The molecule has 0 atom stereocenters. The van der Waals surface area contributed by atoms with Crippen LogP contribution in [0.2, 0.25) is 0 Å². The van der Waals surface area contributed by atoms with Crippen LogP contribution >= 0.6 is 27.3 Å². The van der Waals surface area contributed by atoms with Gasteiger partial charge in [-0.3, -0.25) is 9.69 Å². The Morgan fingerprint density at radius 1 is 1.69 bits per heavy atom. The number of hydrogen-bond donors (Lipinski definition) is 1. The molecule has 1 rings (SSSR count). The van der Waals surface area contributed by atoms with Gasteiger partial charge in [0.2, 0.25) is 0 Å². The third-order valence-electron chi connectivity index (χ3n) is 1.46. The lowest BCUT2D eigenvalue weighted by Gasteiger charge is -2.11. The molecule has 0 bridgehead atoms. The van der Waals surface area contributed by atoms with E-state index in [1.165, 1.54) is 0 Å². The molecule has 1 N–H and O–H groups in total. The average Bonchev–Trinajstić information content (AvgIpc) is 2.33. The minimum absolute atomic E-state index is 0.0789. The predicted molar refractivity (Wildman–Crippen MR) is 56.0 cm³/mol. The number of carbonyl (C=O) groups is 1. The molecule has 0 saturated heterocycles. The van der Waals surface area contributed by atoms with Crippen LogP contribution in [0.4, 0.5) is 0 Å². The Morgan fingerprint density at radius 3 is 2.85 bits per heavy atom. The van der Waals surface area contributed by atoms with Crippen LogP contribution in [0.5, 0.6) is 0 Å². The molecule has 0 spiro atoms. The first-order chi connectivity index (χ1) is 6.08. The SMILES string of the molecule is CN(CC(=O)O)Cc1ccc(Br)s1. The van der Waals surface area contributed by atoms with Crippen molar-refractivity contribution in [3.8, 4) is 0 Å². The highest BCUT2D eigenvalue weighted by atomic mass is 79.9. The van der Waals surface area contributed by atoms with Crippen LogP contribution in [0.25, 0.3) is 0 Å². The zero-order valence-electron chi connectivity index (χ0n) is 7.16. The maximum absolute atomic E-state index is 10.4. The van der Waals surface area contributed by atoms with Crippen LogP contribution in [-0.2, 0) is 11.3 Å². The molecule has 0 aliphatic carbocycles. The van der Waals surface area contributed by atoms with E-state index in [4.69, 9.17) is 5.11 Å². The quantitative estimate of drug-likeness (QED) is 0.904. The minimum atomic E-state index is -0.793. The Balaban J connectivity index is 2.44. The summed E-state index contributed by atoms with van der Waals surface area (Å²) in [6, 6.07) is 3.96. The van der Waals surface area contributed by atoms with Crippen LogP contribution < -0.4 is 0 Å². The Kier molecular flexibility index (Phi) is 3.90. The Hall–Kier alpha value is -0.390. The van der Waals surface area contributed by atoms with Gasteiger partial charge in [0.25, 0.3) is 0 Å². The number of carboxylic acid groups (broad SMARTS) is 1. The van der Waals surface area contributed by atoms with Crippen LogP contribution in [0.15, 0.2) is 15.9 Å². The maximum atomic E-state index is 10.4. The molecule has 1 heterocycles. The summed E-state index contributed by atoms with van der Waals surface area (Å²) < 4.78 is 1.08. The van der Waals surface area contributed by atoms with Crippen molar-refractivity contribution < 1.29 is 9.90 Å². The summed E-state index contributed by atoms with van der Waals surface area (Å²) >= 11 is 4.98. The van der Waals surface area contributed by atoms with Crippen LogP contribution in [0, 0.1) is 0 Å². The van der Waals surface area contributed by atoms with Gasteiger partial charge in [0, 0.05) is 11.4 Å². The van der Waals surface area contributed by atoms with E-state index in [2.05, 4.69) is 15.9 Å². The third kappa shape index (κ3) is 3.89. The van der Waals surface area contributed by atoms with Gasteiger partial charge in [-0.1, -0.05) is 0 Å². The standard InChI is InChI=1S/C8H10BrNO2S/c1-10(5-8(11)12)4-6-2-3-7(9)13-6/h2-3H,4-5H2,1H3,(H,11,12). The summed E-state index contributed by atoms with van der Waals surface area (Å²) in [5.74, 6) is -0.793. The number of hydrogen-bond acceptors (Lipinski definition) is 3. The highest BCUT2D eigenvalue weighted by Gasteiger charge is 2.06. The topological polar surface area (TPSA) is 40.5 Å². The second kappa shape index (κ2) is 4.74. The molecule has 0 fully saturated rings. The fraction of sp³-hybridized carbons (Fsp3) is 0.375. The van der Waals surface area contributed by atoms with Gasteiger partial charge in [0.15, 0.2) is 0 Å². The summed E-state index contributed by atoms with van der Waals surface area (Å²) in [7, 11) is 1.79. The Morgan fingerprint density at radius 2 is 2.38 bits per heavy atom. The van der Waals surface area contributed by atoms with Gasteiger partial charge in [-0.05, 0) is 35.1 Å². The molecule has 13 heavy (non-hydrogen) atoms. The zero-order chi connectivity index (χ0) is 9.84. The van der Waals surface area contributed by atoms with Crippen LogP contribution in [0.1, 0.15) is 4.88 Å². The number of likely N-dealkylation sites (N-methyl/N-ethyl adjacent to an activating group) is 1. The van der Waals surface area contributed by atoms with Crippen molar-refractivity contribution in [2.45, 2.75) is 6.54 Å². The summed E-state index contributed by atoms with van der Waals surface area (Å²) in [5, 5.41) is 8.52. The molecule has 0 radical (unpaired) electrons. The minimum Gasteiger partial charge on any atom is -0.480 e. The van der Waals surface area contributed by atoms with E-state index < -0.39 is 5.97 Å². The van der Waals surface area contributed by atoms with E-state index in [-0.39, 0.29) is 6.54 Å².